The van der Waals surface area contributed by atoms with Crippen LogP contribution in [-0.2, 0) is 4.79 Å². The Labute approximate surface area is 198 Å². The van der Waals surface area contributed by atoms with E-state index < -0.39 is 10.8 Å². The van der Waals surface area contributed by atoms with Crippen molar-refractivity contribution in [2.45, 2.75) is 106 Å². The van der Waals surface area contributed by atoms with Crippen LogP contribution in [0.2, 0.25) is 0 Å². The smallest absolute Gasteiger partial charge is 0.152 e. The van der Waals surface area contributed by atoms with Crippen LogP contribution in [-0.4, -0.2) is 5.78 Å². The fourth-order valence-corrected chi connectivity index (χ4v) is 4.81. The molecule has 0 aromatic rings. The van der Waals surface area contributed by atoms with Crippen molar-refractivity contribution in [2.24, 2.45) is 10.8 Å². The molecular formula is C31H46O. The van der Waals surface area contributed by atoms with E-state index in [0.717, 1.165) is 64.2 Å². The summed E-state index contributed by atoms with van der Waals surface area (Å²) in [5, 5.41) is 0. The number of carbonyl (C=O) groups is 1. The summed E-state index contributed by atoms with van der Waals surface area (Å²) in [6, 6.07) is 0. The molecule has 0 heterocycles. The third-order valence-corrected chi connectivity index (χ3v) is 7.35. The molecule has 0 aliphatic heterocycles. The molecule has 32 heavy (non-hydrogen) atoms. The monoisotopic (exact) mass is 434 g/mol. The van der Waals surface area contributed by atoms with Gasteiger partial charge in [0.15, 0.2) is 5.78 Å². The molecule has 0 saturated carbocycles. The summed E-state index contributed by atoms with van der Waals surface area (Å²) in [5.74, 6) is 0.369. The van der Waals surface area contributed by atoms with E-state index in [0.29, 0.717) is 5.78 Å². The Hall–Kier alpha value is -1.89. The van der Waals surface area contributed by atoms with Gasteiger partial charge in [0.1, 0.15) is 0 Å². The van der Waals surface area contributed by atoms with Crippen LogP contribution < -0.4 is 0 Å². The molecule has 0 amide bonds. The third kappa shape index (κ3) is 8.23. The predicted octanol–water partition coefficient (Wildman–Crippen LogP) is 9.39. The summed E-state index contributed by atoms with van der Waals surface area (Å²) in [6.07, 6.45) is 28.3. The zero-order chi connectivity index (χ0) is 23.6. The van der Waals surface area contributed by atoms with E-state index in [1.807, 2.05) is 0 Å². The third-order valence-electron chi connectivity index (χ3n) is 7.35. The van der Waals surface area contributed by atoms with E-state index in [1.54, 1.807) is 0 Å². The minimum Gasteiger partial charge on any atom is -0.298 e. The first-order valence-corrected chi connectivity index (χ1v) is 12.7. The van der Waals surface area contributed by atoms with Gasteiger partial charge in [-0.1, -0.05) is 70.9 Å². The number of hydrogen-bond donors (Lipinski definition) is 0. The second-order valence-electron chi connectivity index (χ2n) is 10.7. The zero-order valence-corrected chi connectivity index (χ0v) is 21.6. The number of rotatable bonds is 2. The Bertz CT molecular complexity index is 761. The Morgan fingerprint density at radius 3 is 1.41 bits per heavy atom. The van der Waals surface area contributed by atoms with Gasteiger partial charge in [0.25, 0.3) is 0 Å². The molecule has 2 aliphatic carbocycles. The molecule has 0 fully saturated rings. The second kappa shape index (κ2) is 12.4. The van der Waals surface area contributed by atoms with Crippen LogP contribution in [0.25, 0.3) is 0 Å². The highest BCUT2D eigenvalue weighted by Crippen LogP contribution is 2.41. The van der Waals surface area contributed by atoms with Crippen LogP contribution in [0.3, 0.4) is 0 Å². The van der Waals surface area contributed by atoms with Crippen LogP contribution in [0.5, 0.6) is 0 Å². The maximum absolute atomic E-state index is 14.2. The van der Waals surface area contributed by atoms with E-state index >= 15 is 0 Å². The lowest BCUT2D eigenvalue weighted by Crippen LogP contribution is -2.38. The SMILES string of the molecule is CC1=CCC=CC(C)(C(=O)C2(C)C=CCC=C(C)CCC=C(C)CC2)CCC(C)=CCC1. The Balaban J connectivity index is 2.37. The largest absolute Gasteiger partial charge is 0.298 e. The molecular weight excluding hydrogens is 388 g/mol. The standard InChI is InChI=1S/C31H46O/c1-25-13-7-9-21-30(5,23-19-27(3)17-11-15-25)29(32)31(6)22-10-8-14-26(2)16-12-18-28(4)20-24-31/h9-10,13-14,17-18,21-22H,7-8,11-12,15-16,19-20,23-24H2,1-6H3. The van der Waals surface area contributed by atoms with Gasteiger partial charge < -0.3 is 0 Å². The van der Waals surface area contributed by atoms with Crippen molar-refractivity contribution in [1.82, 2.24) is 0 Å². The fraction of sp³-hybridized carbons (Fsp3) is 0.581. The fourth-order valence-electron chi connectivity index (χ4n) is 4.81. The summed E-state index contributed by atoms with van der Waals surface area (Å²) in [6.45, 7) is 13.2. The van der Waals surface area contributed by atoms with Crippen molar-refractivity contribution in [3.05, 3.63) is 70.9 Å². The lowest BCUT2D eigenvalue weighted by Gasteiger charge is -2.35. The second-order valence-corrected chi connectivity index (χ2v) is 10.7. The first-order valence-electron chi connectivity index (χ1n) is 12.7. The van der Waals surface area contributed by atoms with E-state index in [1.165, 1.54) is 22.3 Å². The van der Waals surface area contributed by atoms with E-state index in [9.17, 15) is 4.79 Å². The molecule has 2 aliphatic rings. The van der Waals surface area contributed by atoms with E-state index in [2.05, 4.69) is 90.2 Å². The van der Waals surface area contributed by atoms with Gasteiger partial charge in [0.05, 0.1) is 0 Å². The molecule has 0 aromatic heterocycles. The van der Waals surface area contributed by atoms with Gasteiger partial charge in [0, 0.05) is 10.8 Å². The van der Waals surface area contributed by atoms with Crippen LogP contribution in [0.15, 0.2) is 70.9 Å². The summed E-state index contributed by atoms with van der Waals surface area (Å²) in [5.41, 5.74) is 4.79. The topological polar surface area (TPSA) is 17.1 Å². The first kappa shape index (κ1) is 26.4. The molecule has 0 bridgehead atoms. The van der Waals surface area contributed by atoms with Gasteiger partial charge in [-0.25, -0.2) is 0 Å². The average molecular weight is 435 g/mol. The van der Waals surface area contributed by atoms with Crippen molar-refractivity contribution in [2.75, 3.05) is 0 Å². The predicted molar refractivity (Wildman–Crippen MR) is 141 cm³/mol. The molecule has 2 unspecified atom stereocenters. The molecule has 0 saturated heterocycles. The molecule has 0 spiro atoms. The average Bonchev–Trinajstić information content (AvgIpc) is 2.75. The molecule has 0 N–H and O–H groups in total. The van der Waals surface area contributed by atoms with Crippen molar-refractivity contribution < 1.29 is 4.79 Å². The molecule has 176 valence electrons. The van der Waals surface area contributed by atoms with Crippen LogP contribution >= 0.6 is 0 Å². The van der Waals surface area contributed by atoms with E-state index in [-0.39, 0.29) is 0 Å². The highest BCUT2D eigenvalue weighted by Gasteiger charge is 2.41. The maximum atomic E-state index is 14.2. The molecule has 2 rings (SSSR count). The molecule has 0 radical (unpaired) electrons. The molecule has 0 aromatic carbocycles. The number of hydrogen-bond acceptors (Lipinski definition) is 1. The Kier molecular flexibility index (Phi) is 10.2. The zero-order valence-electron chi connectivity index (χ0n) is 21.6. The summed E-state index contributed by atoms with van der Waals surface area (Å²) < 4.78 is 0. The molecule has 1 heteroatoms. The number of allylic oxidation sites excluding steroid dienone is 12. The van der Waals surface area contributed by atoms with Crippen LogP contribution in [0.4, 0.5) is 0 Å². The number of Topliss-reactive ketones (excluding diaryl/α,β-unsaturated/α-hetero) is 1. The summed E-state index contributed by atoms with van der Waals surface area (Å²) in [7, 11) is 0. The van der Waals surface area contributed by atoms with Gasteiger partial charge in [-0.05, 0) is 106 Å². The normalized spacial score (nSPS) is 29.2. The molecule has 1 nitrogen and oxygen atoms in total. The lowest BCUT2D eigenvalue weighted by atomic mass is 9.66. The van der Waals surface area contributed by atoms with Gasteiger partial charge in [-0.15, -0.1) is 0 Å². The number of carbonyl (C=O) groups excluding carboxylic acids is 1. The van der Waals surface area contributed by atoms with Gasteiger partial charge >= 0.3 is 0 Å². The van der Waals surface area contributed by atoms with Gasteiger partial charge in [0.2, 0.25) is 0 Å². The van der Waals surface area contributed by atoms with E-state index in [4.69, 9.17) is 0 Å². The van der Waals surface area contributed by atoms with Crippen LogP contribution in [0, 0.1) is 10.8 Å². The van der Waals surface area contributed by atoms with Gasteiger partial charge in [-0.3, -0.25) is 4.79 Å². The summed E-state index contributed by atoms with van der Waals surface area (Å²) in [4.78, 5) is 14.2. The van der Waals surface area contributed by atoms with Crippen molar-refractivity contribution >= 4 is 5.78 Å². The quantitative estimate of drug-likeness (QED) is 0.395. The van der Waals surface area contributed by atoms with Crippen LogP contribution in [0.1, 0.15) is 106 Å². The highest BCUT2D eigenvalue weighted by atomic mass is 16.1. The number of ketones is 1. The van der Waals surface area contributed by atoms with Crippen molar-refractivity contribution in [3.63, 3.8) is 0 Å². The first-order chi connectivity index (χ1) is 15.1. The highest BCUT2D eigenvalue weighted by molar-refractivity contribution is 5.93. The Morgan fingerprint density at radius 2 is 1.00 bits per heavy atom. The summed E-state index contributed by atoms with van der Waals surface area (Å²) >= 11 is 0. The Morgan fingerprint density at radius 1 is 0.625 bits per heavy atom. The van der Waals surface area contributed by atoms with Crippen molar-refractivity contribution in [3.8, 4) is 0 Å². The maximum Gasteiger partial charge on any atom is 0.152 e. The van der Waals surface area contributed by atoms with Gasteiger partial charge in [-0.2, -0.15) is 0 Å². The van der Waals surface area contributed by atoms with Crippen molar-refractivity contribution in [1.29, 1.82) is 0 Å². The lowest BCUT2D eigenvalue weighted by molar-refractivity contribution is -0.133. The minimum absolute atomic E-state index is 0.369. The minimum atomic E-state index is -0.449. The molecule has 2 atom stereocenters.